The highest BCUT2D eigenvalue weighted by Crippen LogP contribution is 2.43. The second-order valence-corrected chi connectivity index (χ2v) is 23.3. The molecule has 0 saturated carbocycles. The minimum atomic E-state index is -4.76. The first kappa shape index (κ1) is 76.9. The first-order valence-electron chi connectivity index (χ1n) is 32.8. The fraction of sp³-hybridized carbons (Fsp3) is 0.779. The Kier molecular flexibility index (Phi) is 59.6. The average molecular weight is 1150 g/mol. The van der Waals surface area contributed by atoms with Gasteiger partial charge in [-0.2, -0.15) is 0 Å². The Hall–Kier alpha value is -3.08. The SMILES string of the molecule is CC/C=C\C/C=C\C/C=C\CCCCCCCCCC(=O)OCC(COP(=O)(O)OCC(CO)OC(=O)CCCCCCCCC/C=C\CCCCCCCC)OC(=O)CCCCCCCCCCC/C=C\C/C=C\CCCCC. The summed E-state index contributed by atoms with van der Waals surface area (Å²) in [6.45, 7) is 4.53. The maximum absolute atomic E-state index is 13.0. The molecular weight excluding hydrogens is 1020 g/mol. The summed E-state index contributed by atoms with van der Waals surface area (Å²) in [4.78, 5) is 48.8. The first-order chi connectivity index (χ1) is 39.2. The van der Waals surface area contributed by atoms with E-state index < -0.39 is 57.8 Å². The molecule has 0 radical (unpaired) electrons. The molecule has 0 saturated heterocycles. The van der Waals surface area contributed by atoms with E-state index in [1.165, 1.54) is 135 Å². The molecule has 0 rings (SSSR count). The van der Waals surface area contributed by atoms with Gasteiger partial charge >= 0.3 is 25.7 Å². The number of aliphatic hydroxyl groups excluding tert-OH is 1. The second-order valence-electron chi connectivity index (χ2n) is 21.9. The fourth-order valence-electron chi connectivity index (χ4n) is 9.10. The maximum atomic E-state index is 13.0. The molecule has 0 amide bonds. The van der Waals surface area contributed by atoms with E-state index in [4.69, 9.17) is 23.3 Å². The van der Waals surface area contributed by atoms with Gasteiger partial charge in [0.15, 0.2) is 6.10 Å². The van der Waals surface area contributed by atoms with Crippen LogP contribution < -0.4 is 0 Å². The van der Waals surface area contributed by atoms with Crippen LogP contribution in [0.3, 0.4) is 0 Å². The lowest BCUT2D eigenvalue weighted by molar-refractivity contribution is -0.161. The van der Waals surface area contributed by atoms with E-state index in [2.05, 4.69) is 93.7 Å². The number of aliphatic hydroxyl groups is 1. The van der Waals surface area contributed by atoms with Crippen molar-refractivity contribution in [2.45, 2.75) is 315 Å². The Bertz CT molecular complexity index is 1620. The number of phosphoric acid groups is 1. The summed E-state index contributed by atoms with van der Waals surface area (Å²) in [5, 5.41) is 9.86. The van der Waals surface area contributed by atoms with Crippen LogP contribution in [-0.4, -0.2) is 66.5 Å². The Labute approximate surface area is 490 Å². The van der Waals surface area contributed by atoms with Crippen molar-refractivity contribution in [3.8, 4) is 0 Å². The highest BCUT2D eigenvalue weighted by atomic mass is 31.2. The van der Waals surface area contributed by atoms with Gasteiger partial charge in [0.05, 0.1) is 19.8 Å². The lowest BCUT2D eigenvalue weighted by Crippen LogP contribution is -2.30. The lowest BCUT2D eigenvalue weighted by atomic mass is 10.1. The summed E-state index contributed by atoms with van der Waals surface area (Å²) < 4.78 is 39.7. The molecule has 0 aromatic carbocycles. The number of allylic oxidation sites excluding steroid dienone is 12. The number of esters is 3. The standard InChI is InChI=1S/C68H121O11P/c1-4-7-10-13-16-19-22-25-28-31-32-35-38-41-44-47-50-53-56-59-68(72)79-65(61-75-66(70)57-54-51-48-45-42-39-36-33-29-26-23-20-17-14-11-8-5-2)63-77-80(73,74)76-62-64(60-69)78-67(71)58-55-52-49-46-43-40-37-34-30-27-24-21-18-15-12-9-6-3/h8,11,16-17,19-20,25-30,64-65,69H,4-7,9-10,12-15,18,21-24,31-63H2,1-3H3,(H,73,74)/b11-8-,19-16-,20-17-,28-25-,29-26-,30-27-. The molecule has 0 spiro atoms. The van der Waals surface area contributed by atoms with Crippen molar-refractivity contribution in [3.63, 3.8) is 0 Å². The van der Waals surface area contributed by atoms with Crippen LogP contribution in [0.1, 0.15) is 303 Å². The van der Waals surface area contributed by atoms with Gasteiger partial charge in [0, 0.05) is 19.3 Å². The quantitative estimate of drug-likeness (QED) is 0.0197. The van der Waals surface area contributed by atoms with Gasteiger partial charge in [0.2, 0.25) is 0 Å². The Balaban J connectivity index is 4.70. The van der Waals surface area contributed by atoms with Gasteiger partial charge in [-0.3, -0.25) is 23.4 Å². The van der Waals surface area contributed by atoms with Crippen LogP contribution in [0, 0.1) is 0 Å². The van der Waals surface area contributed by atoms with Gasteiger partial charge in [0.1, 0.15) is 12.7 Å². The van der Waals surface area contributed by atoms with Crippen molar-refractivity contribution in [1.82, 2.24) is 0 Å². The van der Waals surface area contributed by atoms with Gasteiger partial charge in [-0.25, -0.2) is 4.57 Å². The molecule has 80 heavy (non-hydrogen) atoms. The van der Waals surface area contributed by atoms with Gasteiger partial charge in [-0.1, -0.05) is 248 Å². The molecule has 0 aliphatic heterocycles. The van der Waals surface area contributed by atoms with Crippen molar-refractivity contribution < 1.29 is 52.2 Å². The molecule has 0 aliphatic rings. The number of rotatable bonds is 61. The molecule has 2 N–H and O–H groups in total. The molecular formula is C68H121O11P. The molecule has 464 valence electrons. The van der Waals surface area contributed by atoms with E-state index in [1.54, 1.807) is 0 Å². The summed E-state index contributed by atoms with van der Waals surface area (Å²) in [6, 6.07) is 0. The Morgan fingerprint density at radius 3 is 1.04 bits per heavy atom. The number of carbonyl (C=O) groups excluding carboxylic acids is 3. The fourth-order valence-corrected chi connectivity index (χ4v) is 9.89. The summed E-state index contributed by atoms with van der Waals surface area (Å²) in [7, 11) is -4.76. The number of carbonyl (C=O) groups is 3. The number of hydrogen-bond acceptors (Lipinski definition) is 10. The van der Waals surface area contributed by atoms with Crippen LogP contribution in [0.25, 0.3) is 0 Å². The summed E-state index contributed by atoms with van der Waals surface area (Å²) in [5.74, 6) is -1.47. The van der Waals surface area contributed by atoms with E-state index in [1.807, 2.05) is 0 Å². The highest BCUT2D eigenvalue weighted by Gasteiger charge is 2.28. The molecule has 0 bridgehead atoms. The zero-order valence-corrected chi connectivity index (χ0v) is 52.4. The predicted octanol–water partition coefficient (Wildman–Crippen LogP) is 20.0. The Morgan fingerprint density at radius 2 is 0.650 bits per heavy atom. The van der Waals surface area contributed by atoms with E-state index in [0.29, 0.717) is 19.3 Å². The third kappa shape index (κ3) is 59.5. The van der Waals surface area contributed by atoms with Crippen molar-refractivity contribution in [2.75, 3.05) is 26.4 Å². The second kappa shape index (κ2) is 62.0. The lowest BCUT2D eigenvalue weighted by Gasteiger charge is -2.21. The molecule has 0 fully saturated rings. The normalized spacial score (nSPS) is 13.7. The average Bonchev–Trinajstić information content (AvgIpc) is 3.45. The van der Waals surface area contributed by atoms with Crippen molar-refractivity contribution in [1.29, 1.82) is 0 Å². The molecule has 3 atom stereocenters. The molecule has 3 unspecified atom stereocenters. The topological polar surface area (TPSA) is 155 Å². The summed E-state index contributed by atoms with van der Waals surface area (Å²) in [5.41, 5.74) is 0. The van der Waals surface area contributed by atoms with Crippen molar-refractivity contribution in [2.24, 2.45) is 0 Å². The van der Waals surface area contributed by atoms with Crippen LogP contribution in [0.4, 0.5) is 0 Å². The van der Waals surface area contributed by atoms with Gasteiger partial charge in [-0.05, 0) is 109 Å². The third-order valence-electron chi connectivity index (χ3n) is 14.1. The van der Waals surface area contributed by atoms with Crippen LogP contribution in [0.15, 0.2) is 72.9 Å². The zero-order chi connectivity index (χ0) is 58.3. The smallest absolute Gasteiger partial charge is 0.462 e. The number of ether oxygens (including phenoxy) is 3. The largest absolute Gasteiger partial charge is 0.472 e. The maximum Gasteiger partial charge on any atom is 0.472 e. The molecule has 0 aromatic rings. The highest BCUT2D eigenvalue weighted by molar-refractivity contribution is 7.47. The van der Waals surface area contributed by atoms with Gasteiger partial charge < -0.3 is 24.2 Å². The Morgan fingerprint density at radius 1 is 0.362 bits per heavy atom. The molecule has 0 aliphatic carbocycles. The van der Waals surface area contributed by atoms with E-state index in [9.17, 15) is 28.9 Å². The molecule has 0 aromatic heterocycles. The number of hydrogen-bond donors (Lipinski definition) is 2. The van der Waals surface area contributed by atoms with Crippen molar-refractivity contribution in [3.05, 3.63) is 72.9 Å². The predicted molar refractivity (Wildman–Crippen MR) is 335 cm³/mol. The minimum Gasteiger partial charge on any atom is -0.462 e. The number of phosphoric ester groups is 1. The van der Waals surface area contributed by atoms with Crippen LogP contribution >= 0.6 is 7.82 Å². The van der Waals surface area contributed by atoms with Crippen LogP contribution in [0.5, 0.6) is 0 Å². The number of unbranched alkanes of at least 4 members (excludes halogenated alkanes) is 32. The van der Waals surface area contributed by atoms with Crippen molar-refractivity contribution >= 4 is 25.7 Å². The van der Waals surface area contributed by atoms with E-state index in [0.717, 1.165) is 109 Å². The molecule has 12 heteroatoms. The van der Waals surface area contributed by atoms with Crippen LogP contribution in [-0.2, 0) is 42.2 Å². The first-order valence-corrected chi connectivity index (χ1v) is 34.3. The van der Waals surface area contributed by atoms with Gasteiger partial charge in [0.25, 0.3) is 0 Å². The minimum absolute atomic E-state index is 0.159. The summed E-state index contributed by atoms with van der Waals surface area (Å²) in [6.07, 6.45) is 71.3. The van der Waals surface area contributed by atoms with E-state index >= 15 is 0 Å². The summed E-state index contributed by atoms with van der Waals surface area (Å²) >= 11 is 0. The third-order valence-corrected chi connectivity index (χ3v) is 15.0. The monoisotopic (exact) mass is 1140 g/mol. The van der Waals surface area contributed by atoms with E-state index in [-0.39, 0.29) is 25.9 Å². The molecule has 11 nitrogen and oxygen atoms in total. The van der Waals surface area contributed by atoms with Crippen LogP contribution in [0.2, 0.25) is 0 Å². The zero-order valence-electron chi connectivity index (χ0n) is 51.5. The van der Waals surface area contributed by atoms with Gasteiger partial charge in [-0.15, -0.1) is 0 Å². The molecule has 0 heterocycles.